The van der Waals surface area contributed by atoms with Gasteiger partial charge in [0.2, 0.25) is 0 Å². The molecular formula is C18H21N3O2. The zero-order valence-electron chi connectivity index (χ0n) is 13.3. The van der Waals surface area contributed by atoms with Gasteiger partial charge >= 0.3 is 0 Å². The fourth-order valence-corrected chi connectivity index (χ4v) is 3.74. The average Bonchev–Trinajstić information content (AvgIpc) is 2.92. The van der Waals surface area contributed by atoms with Crippen LogP contribution in [0.3, 0.4) is 0 Å². The van der Waals surface area contributed by atoms with Crippen molar-refractivity contribution in [2.45, 2.75) is 38.1 Å². The van der Waals surface area contributed by atoms with Crippen LogP contribution in [0.5, 0.6) is 0 Å². The number of hydrogen-bond donors (Lipinski definition) is 1. The van der Waals surface area contributed by atoms with Crippen LogP contribution in [0.1, 0.15) is 34.3 Å². The van der Waals surface area contributed by atoms with Crippen molar-refractivity contribution >= 4 is 0 Å². The molecule has 5 heteroatoms. The summed E-state index contributed by atoms with van der Waals surface area (Å²) in [6.07, 6.45) is 3.32. The number of benzene rings is 1. The summed E-state index contributed by atoms with van der Waals surface area (Å²) in [6.45, 7) is 2.18. The van der Waals surface area contributed by atoms with Crippen LogP contribution in [0.15, 0.2) is 30.5 Å². The number of rotatable bonds is 3. The normalized spacial score (nSPS) is 23.6. The molecule has 23 heavy (non-hydrogen) atoms. The Labute approximate surface area is 136 Å². The molecular weight excluding hydrogens is 290 g/mol. The number of methoxy groups -OCH3 is 1. The van der Waals surface area contributed by atoms with E-state index in [1.54, 1.807) is 7.11 Å². The largest absolute Gasteiger partial charge is 0.387 e. The predicted molar refractivity (Wildman–Crippen MR) is 85.8 cm³/mol. The molecule has 0 spiro atoms. The van der Waals surface area contributed by atoms with Crippen molar-refractivity contribution in [1.82, 2.24) is 14.9 Å². The van der Waals surface area contributed by atoms with Crippen LogP contribution in [-0.4, -0.2) is 39.7 Å². The van der Waals surface area contributed by atoms with Crippen molar-refractivity contribution in [3.05, 3.63) is 58.7 Å². The van der Waals surface area contributed by atoms with Crippen LogP contribution in [-0.2, 0) is 30.7 Å². The van der Waals surface area contributed by atoms with Gasteiger partial charge in [-0.15, -0.1) is 0 Å². The first-order valence-corrected chi connectivity index (χ1v) is 8.09. The Bertz CT molecular complexity index is 719. The number of aliphatic hydroxyl groups is 1. The molecule has 120 valence electrons. The Balaban J connectivity index is 1.53. The third kappa shape index (κ3) is 2.65. The van der Waals surface area contributed by atoms with Gasteiger partial charge in [-0.05, 0) is 17.5 Å². The van der Waals surface area contributed by atoms with Crippen LogP contribution >= 0.6 is 0 Å². The van der Waals surface area contributed by atoms with E-state index in [0.29, 0.717) is 6.61 Å². The van der Waals surface area contributed by atoms with E-state index in [0.717, 1.165) is 43.0 Å². The number of aliphatic hydroxyl groups excluding tert-OH is 1. The molecule has 2 heterocycles. The molecule has 2 aromatic rings. The first-order valence-electron chi connectivity index (χ1n) is 8.09. The summed E-state index contributed by atoms with van der Waals surface area (Å²) < 4.78 is 5.10. The van der Waals surface area contributed by atoms with Gasteiger partial charge in [-0.3, -0.25) is 4.90 Å². The number of ether oxygens (including phenoxy) is 1. The summed E-state index contributed by atoms with van der Waals surface area (Å²) in [5.41, 5.74) is 4.63. The standard InChI is InChI=1S/C18H21N3O2/c1-23-11-17-19-9-13-10-21(7-6-15(13)20-17)16-8-12-4-2-3-5-14(12)18(16)22/h2-5,9,16,18,22H,6-8,10-11H2,1H3. The number of aromatic nitrogens is 2. The van der Waals surface area contributed by atoms with Crippen molar-refractivity contribution < 1.29 is 9.84 Å². The third-order valence-corrected chi connectivity index (χ3v) is 4.92. The van der Waals surface area contributed by atoms with Crippen molar-refractivity contribution in [3.63, 3.8) is 0 Å². The van der Waals surface area contributed by atoms with Gasteiger partial charge in [-0.1, -0.05) is 24.3 Å². The van der Waals surface area contributed by atoms with Crippen molar-refractivity contribution in [2.75, 3.05) is 13.7 Å². The van der Waals surface area contributed by atoms with Crippen LogP contribution in [0.4, 0.5) is 0 Å². The number of fused-ring (bicyclic) bond motifs is 2. The highest BCUT2D eigenvalue weighted by molar-refractivity contribution is 5.36. The van der Waals surface area contributed by atoms with E-state index < -0.39 is 6.10 Å². The van der Waals surface area contributed by atoms with Gasteiger partial charge in [0.25, 0.3) is 0 Å². The molecule has 0 fully saturated rings. The lowest BCUT2D eigenvalue weighted by molar-refractivity contribution is 0.0520. The molecule has 1 N–H and O–H groups in total. The molecule has 2 aliphatic rings. The van der Waals surface area contributed by atoms with Crippen LogP contribution in [0, 0.1) is 0 Å². The lowest BCUT2D eigenvalue weighted by Gasteiger charge is -2.34. The van der Waals surface area contributed by atoms with Gasteiger partial charge in [0.1, 0.15) is 6.61 Å². The summed E-state index contributed by atoms with van der Waals surface area (Å²) in [6, 6.07) is 8.36. The van der Waals surface area contributed by atoms with Crippen molar-refractivity contribution in [3.8, 4) is 0 Å². The highest BCUT2D eigenvalue weighted by Crippen LogP contribution is 2.36. The van der Waals surface area contributed by atoms with E-state index >= 15 is 0 Å². The summed E-state index contributed by atoms with van der Waals surface area (Å²) in [7, 11) is 1.66. The molecule has 0 saturated carbocycles. The van der Waals surface area contributed by atoms with Crippen molar-refractivity contribution in [2.24, 2.45) is 0 Å². The SMILES string of the molecule is COCc1ncc2c(n1)CCN(C1Cc3ccccc3C1O)C2. The van der Waals surface area contributed by atoms with Gasteiger partial charge in [0.15, 0.2) is 5.82 Å². The minimum absolute atomic E-state index is 0.152. The van der Waals surface area contributed by atoms with E-state index in [-0.39, 0.29) is 6.04 Å². The number of nitrogens with zero attached hydrogens (tertiary/aromatic N) is 3. The molecule has 0 radical (unpaired) electrons. The molecule has 5 nitrogen and oxygen atoms in total. The lowest BCUT2D eigenvalue weighted by Crippen LogP contribution is -2.42. The van der Waals surface area contributed by atoms with Gasteiger partial charge in [-0.2, -0.15) is 0 Å². The van der Waals surface area contributed by atoms with Gasteiger partial charge in [0, 0.05) is 50.1 Å². The third-order valence-electron chi connectivity index (χ3n) is 4.92. The average molecular weight is 311 g/mol. The molecule has 2 unspecified atom stereocenters. The van der Waals surface area contributed by atoms with Crippen LogP contribution < -0.4 is 0 Å². The minimum atomic E-state index is -0.401. The van der Waals surface area contributed by atoms with E-state index in [4.69, 9.17) is 4.74 Å². The molecule has 0 bridgehead atoms. The molecule has 1 aliphatic carbocycles. The van der Waals surface area contributed by atoms with Crippen LogP contribution in [0.25, 0.3) is 0 Å². The molecule has 0 amide bonds. The molecule has 2 atom stereocenters. The second-order valence-corrected chi connectivity index (χ2v) is 6.33. The fraction of sp³-hybridized carbons (Fsp3) is 0.444. The zero-order chi connectivity index (χ0) is 15.8. The summed E-state index contributed by atoms with van der Waals surface area (Å²) in [5.74, 6) is 0.744. The van der Waals surface area contributed by atoms with E-state index in [1.807, 2.05) is 24.4 Å². The van der Waals surface area contributed by atoms with Gasteiger partial charge < -0.3 is 9.84 Å². The Kier molecular flexibility index (Phi) is 3.85. The Morgan fingerprint density at radius 3 is 3.00 bits per heavy atom. The summed E-state index contributed by atoms with van der Waals surface area (Å²) in [4.78, 5) is 11.3. The maximum absolute atomic E-state index is 10.7. The first kappa shape index (κ1) is 14.8. The molecule has 1 aromatic carbocycles. The maximum atomic E-state index is 10.7. The Morgan fingerprint density at radius 2 is 2.17 bits per heavy atom. The predicted octanol–water partition coefficient (Wildman–Crippen LogP) is 1.64. The van der Waals surface area contributed by atoms with Gasteiger partial charge in [0.05, 0.1) is 6.10 Å². The lowest BCUT2D eigenvalue weighted by atomic mass is 10.0. The summed E-state index contributed by atoms with van der Waals surface area (Å²) in [5, 5.41) is 10.7. The highest BCUT2D eigenvalue weighted by Gasteiger charge is 2.36. The van der Waals surface area contributed by atoms with Crippen molar-refractivity contribution in [1.29, 1.82) is 0 Å². The number of hydrogen-bond acceptors (Lipinski definition) is 5. The van der Waals surface area contributed by atoms with E-state index in [2.05, 4.69) is 20.9 Å². The smallest absolute Gasteiger partial charge is 0.154 e. The zero-order valence-corrected chi connectivity index (χ0v) is 13.3. The Hall–Kier alpha value is -1.82. The summed E-state index contributed by atoms with van der Waals surface area (Å²) >= 11 is 0. The van der Waals surface area contributed by atoms with E-state index in [9.17, 15) is 5.11 Å². The fourth-order valence-electron chi connectivity index (χ4n) is 3.74. The first-order chi connectivity index (χ1) is 11.3. The topological polar surface area (TPSA) is 58.5 Å². The monoisotopic (exact) mass is 311 g/mol. The molecule has 4 rings (SSSR count). The van der Waals surface area contributed by atoms with Crippen LogP contribution in [0.2, 0.25) is 0 Å². The quantitative estimate of drug-likeness (QED) is 0.934. The van der Waals surface area contributed by atoms with Gasteiger partial charge in [-0.25, -0.2) is 9.97 Å². The Morgan fingerprint density at radius 1 is 1.30 bits per heavy atom. The molecule has 1 aliphatic heterocycles. The van der Waals surface area contributed by atoms with E-state index in [1.165, 1.54) is 11.1 Å². The second-order valence-electron chi connectivity index (χ2n) is 6.33. The highest BCUT2D eigenvalue weighted by atomic mass is 16.5. The second kappa shape index (κ2) is 6.00. The minimum Gasteiger partial charge on any atom is -0.387 e. The molecule has 0 saturated heterocycles. The maximum Gasteiger partial charge on any atom is 0.154 e. The molecule has 1 aromatic heterocycles.